The Labute approximate surface area is 153 Å². The molecule has 2 fully saturated rings. The molecule has 1 aliphatic heterocycles. The van der Waals surface area contributed by atoms with E-state index >= 15 is 0 Å². The van der Waals surface area contributed by atoms with Crippen molar-refractivity contribution in [2.75, 3.05) is 0 Å². The Morgan fingerprint density at radius 3 is 2.88 bits per heavy atom. The molecule has 5 atom stereocenters. The second-order valence-corrected chi connectivity index (χ2v) is 7.88. The van der Waals surface area contributed by atoms with E-state index in [2.05, 4.69) is 29.5 Å². The molecule has 1 aliphatic carbocycles. The fourth-order valence-corrected chi connectivity index (χ4v) is 5.03. The largest absolute Gasteiger partial charge is 0.360 e. The molecule has 2 amide bonds. The summed E-state index contributed by atoms with van der Waals surface area (Å²) < 4.78 is 0. The fraction of sp³-hybridized carbons (Fsp3) is 0.524. The van der Waals surface area contributed by atoms with Crippen LogP contribution >= 0.6 is 0 Å². The molecule has 4 rings (SSSR count). The minimum absolute atomic E-state index is 0.0347. The second kappa shape index (κ2) is 6.78. The fourth-order valence-electron chi connectivity index (χ4n) is 5.03. The summed E-state index contributed by atoms with van der Waals surface area (Å²) in [5.41, 5.74) is 1.66. The van der Waals surface area contributed by atoms with E-state index in [0.717, 1.165) is 36.6 Å². The van der Waals surface area contributed by atoms with Crippen LogP contribution in [-0.2, 0) is 4.79 Å². The van der Waals surface area contributed by atoms with Gasteiger partial charge in [-0.15, -0.1) is 0 Å². The molecular weight excluding hydrogens is 326 g/mol. The van der Waals surface area contributed by atoms with E-state index in [0.29, 0.717) is 17.4 Å². The zero-order valence-electron chi connectivity index (χ0n) is 15.4. The molecule has 5 unspecified atom stereocenters. The van der Waals surface area contributed by atoms with Gasteiger partial charge in [0.25, 0.3) is 5.91 Å². The molecule has 2 aromatic rings. The number of carbonyl (C=O) groups is 2. The van der Waals surface area contributed by atoms with Crippen molar-refractivity contribution in [3.05, 3.63) is 36.0 Å². The van der Waals surface area contributed by atoms with Gasteiger partial charge < -0.3 is 15.6 Å². The predicted molar refractivity (Wildman–Crippen MR) is 102 cm³/mol. The monoisotopic (exact) mass is 353 g/mol. The number of amides is 2. The highest BCUT2D eigenvalue weighted by Gasteiger charge is 2.43. The number of carbonyl (C=O) groups excluding carboxylic acids is 2. The lowest BCUT2D eigenvalue weighted by molar-refractivity contribution is -0.133. The summed E-state index contributed by atoms with van der Waals surface area (Å²) in [6.45, 7) is 4.31. The number of fused-ring (bicyclic) bond motifs is 2. The van der Waals surface area contributed by atoms with Crippen molar-refractivity contribution in [2.45, 2.75) is 51.6 Å². The highest BCUT2D eigenvalue weighted by molar-refractivity contribution is 6.06. The zero-order valence-corrected chi connectivity index (χ0v) is 15.4. The number of para-hydroxylation sites is 1. The maximum absolute atomic E-state index is 12.8. The Morgan fingerprint density at radius 2 is 2.08 bits per heavy atom. The number of H-pyrrole nitrogens is 1. The lowest BCUT2D eigenvalue weighted by Crippen LogP contribution is -2.58. The van der Waals surface area contributed by atoms with Gasteiger partial charge in [-0.2, -0.15) is 0 Å². The average Bonchev–Trinajstić information content (AvgIpc) is 3.06. The molecule has 5 nitrogen and oxygen atoms in total. The first kappa shape index (κ1) is 17.1. The molecule has 1 saturated heterocycles. The standard InChI is InChI=1S/C21H27N3O2/c1-3-14-12(2)15-9-8-13(10-19(15)24-20(14)25)23-21(26)17-11-22-18-7-5-4-6-16(17)18/h4-7,11-15,19,22H,3,8-10H2,1-2H3,(H,23,26)(H,24,25). The van der Waals surface area contributed by atoms with Gasteiger partial charge in [0.15, 0.2) is 0 Å². The van der Waals surface area contributed by atoms with E-state index in [-0.39, 0.29) is 29.8 Å². The Kier molecular flexibility index (Phi) is 4.47. The van der Waals surface area contributed by atoms with Gasteiger partial charge in [0.05, 0.1) is 5.56 Å². The van der Waals surface area contributed by atoms with Gasteiger partial charge in [-0.1, -0.05) is 32.0 Å². The number of benzene rings is 1. The van der Waals surface area contributed by atoms with Crippen molar-refractivity contribution in [1.82, 2.24) is 15.6 Å². The molecule has 0 spiro atoms. The van der Waals surface area contributed by atoms with E-state index < -0.39 is 0 Å². The third-order valence-electron chi connectivity index (χ3n) is 6.49. The molecule has 1 saturated carbocycles. The van der Waals surface area contributed by atoms with Crippen LogP contribution in [0.25, 0.3) is 10.9 Å². The summed E-state index contributed by atoms with van der Waals surface area (Å²) >= 11 is 0. The van der Waals surface area contributed by atoms with Crippen LogP contribution in [0.1, 0.15) is 49.9 Å². The van der Waals surface area contributed by atoms with E-state index in [9.17, 15) is 9.59 Å². The number of nitrogens with one attached hydrogen (secondary N) is 3. The quantitative estimate of drug-likeness (QED) is 0.792. The van der Waals surface area contributed by atoms with Crippen molar-refractivity contribution in [1.29, 1.82) is 0 Å². The SMILES string of the molecule is CCC1C(=O)NC2CC(NC(=O)c3c[nH]c4ccccc34)CCC2C1C. The molecule has 2 heterocycles. The van der Waals surface area contributed by atoms with E-state index in [1.54, 1.807) is 6.20 Å². The van der Waals surface area contributed by atoms with Gasteiger partial charge >= 0.3 is 0 Å². The van der Waals surface area contributed by atoms with E-state index in [4.69, 9.17) is 0 Å². The summed E-state index contributed by atoms with van der Waals surface area (Å²) in [4.78, 5) is 28.3. The van der Waals surface area contributed by atoms with Crippen LogP contribution in [0.5, 0.6) is 0 Å². The number of aromatic amines is 1. The topological polar surface area (TPSA) is 74.0 Å². The van der Waals surface area contributed by atoms with Crippen LogP contribution in [0.4, 0.5) is 0 Å². The Balaban J connectivity index is 1.44. The van der Waals surface area contributed by atoms with Gasteiger partial charge in [-0.05, 0) is 43.6 Å². The number of rotatable bonds is 3. The first-order chi connectivity index (χ1) is 12.6. The third kappa shape index (κ3) is 2.89. The molecule has 5 heteroatoms. The lowest BCUT2D eigenvalue weighted by atomic mass is 9.67. The molecule has 0 bridgehead atoms. The Bertz CT molecular complexity index is 828. The highest BCUT2D eigenvalue weighted by Crippen LogP contribution is 2.39. The summed E-state index contributed by atoms with van der Waals surface area (Å²) in [5.74, 6) is 1.23. The van der Waals surface area contributed by atoms with Crippen LogP contribution in [0.2, 0.25) is 0 Å². The normalized spacial score (nSPS) is 31.3. The number of piperidine rings is 1. The molecule has 26 heavy (non-hydrogen) atoms. The summed E-state index contributed by atoms with van der Waals surface area (Å²) in [6.07, 6.45) is 5.54. The van der Waals surface area contributed by atoms with Crippen molar-refractivity contribution in [2.24, 2.45) is 17.8 Å². The van der Waals surface area contributed by atoms with Gasteiger partial charge in [0.2, 0.25) is 5.91 Å². The van der Waals surface area contributed by atoms with Crippen molar-refractivity contribution in [3.8, 4) is 0 Å². The number of aromatic nitrogens is 1. The molecule has 0 radical (unpaired) electrons. The molecular formula is C21H27N3O2. The first-order valence-electron chi connectivity index (χ1n) is 9.75. The number of hydrogen-bond donors (Lipinski definition) is 3. The summed E-state index contributed by atoms with van der Waals surface area (Å²) in [5, 5.41) is 7.36. The molecule has 3 N–H and O–H groups in total. The first-order valence-corrected chi connectivity index (χ1v) is 9.75. The van der Waals surface area contributed by atoms with E-state index in [1.165, 1.54) is 0 Å². The van der Waals surface area contributed by atoms with E-state index in [1.807, 2.05) is 24.3 Å². The highest BCUT2D eigenvalue weighted by atomic mass is 16.2. The Morgan fingerprint density at radius 1 is 1.27 bits per heavy atom. The van der Waals surface area contributed by atoms with Crippen molar-refractivity contribution >= 4 is 22.7 Å². The zero-order chi connectivity index (χ0) is 18.3. The number of hydrogen-bond acceptors (Lipinski definition) is 2. The van der Waals surface area contributed by atoms with Crippen LogP contribution in [0.3, 0.4) is 0 Å². The lowest BCUT2D eigenvalue weighted by Gasteiger charge is -2.46. The molecule has 2 aliphatic rings. The maximum atomic E-state index is 12.8. The van der Waals surface area contributed by atoms with Crippen LogP contribution in [0, 0.1) is 17.8 Å². The van der Waals surface area contributed by atoms with Crippen molar-refractivity contribution in [3.63, 3.8) is 0 Å². The van der Waals surface area contributed by atoms with Crippen LogP contribution in [0.15, 0.2) is 30.5 Å². The molecule has 138 valence electrons. The van der Waals surface area contributed by atoms with Crippen LogP contribution in [-0.4, -0.2) is 28.9 Å². The average molecular weight is 353 g/mol. The molecule has 1 aromatic heterocycles. The van der Waals surface area contributed by atoms with Crippen molar-refractivity contribution < 1.29 is 9.59 Å². The summed E-state index contributed by atoms with van der Waals surface area (Å²) in [7, 11) is 0. The molecule has 1 aromatic carbocycles. The van der Waals surface area contributed by atoms with Gasteiger partial charge in [0.1, 0.15) is 0 Å². The van der Waals surface area contributed by atoms with Gasteiger partial charge in [-0.3, -0.25) is 9.59 Å². The van der Waals surface area contributed by atoms with Crippen LogP contribution < -0.4 is 10.6 Å². The minimum Gasteiger partial charge on any atom is -0.360 e. The summed E-state index contributed by atoms with van der Waals surface area (Å²) in [6, 6.07) is 8.14. The smallest absolute Gasteiger partial charge is 0.253 e. The maximum Gasteiger partial charge on any atom is 0.253 e. The Hall–Kier alpha value is -2.30. The predicted octanol–water partition coefficient (Wildman–Crippen LogP) is 3.23. The minimum atomic E-state index is -0.0347. The van der Waals surface area contributed by atoms with Gasteiger partial charge in [0, 0.05) is 35.1 Å². The van der Waals surface area contributed by atoms with Gasteiger partial charge in [-0.25, -0.2) is 0 Å². The second-order valence-electron chi connectivity index (χ2n) is 7.88. The third-order valence-corrected chi connectivity index (χ3v) is 6.49.